The second kappa shape index (κ2) is 9.61. The minimum atomic E-state index is -0.736. The number of aliphatic carboxylic acids is 1. The van der Waals surface area contributed by atoms with Crippen molar-refractivity contribution in [3.05, 3.63) is 29.8 Å². The van der Waals surface area contributed by atoms with Gasteiger partial charge in [-0.05, 0) is 62.1 Å². The van der Waals surface area contributed by atoms with E-state index in [1.54, 1.807) is 0 Å². The molecule has 4 nitrogen and oxygen atoms in total. The van der Waals surface area contributed by atoms with E-state index in [9.17, 15) is 4.79 Å². The third-order valence-corrected chi connectivity index (χ3v) is 3.30. The zero-order valence-electron chi connectivity index (χ0n) is 11.8. The first-order chi connectivity index (χ1) is 9.61. The van der Waals surface area contributed by atoms with E-state index < -0.39 is 5.97 Å². The highest BCUT2D eigenvalue weighted by Gasteiger charge is 2.03. The predicted octanol–water partition coefficient (Wildman–Crippen LogP) is 3.38. The third-order valence-electron chi connectivity index (χ3n) is 2.93. The molecule has 0 aromatic heterocycles. The molecule has 0 saturated heterocycles. The van der Waals surface area contributed by atoms with Crippen molar-refractivity contribution in [3.63, 3.8) is 0 Å². The molecule has 1 unspecified atom stereocenters. The Kier molecular flexibility index (Phi) is 8.07. The van der Waals surface area contributed by atoms with Gasteiger partial charge in [0.05, 0.1) is 6.61 Å². The molecule has 0 bridgehead atoms. The topological polar surface area (TPSA) is 58.6 Å². The van der Waals surface area contributed by atoms with Gasteiger partial charge in [0.2, 0.25) is 0 Å². The Labute approximate surface area is 125 Å². The summed E-state index contributed by atoms with van der Waals surface area (Å²) in [6, 6.07) is 8.17. The Bertz CT molecular complexity index is 412. The smallest absolute Gasteiger partial charge is 0.303 e. The van der Waals surface area contributed by atoms with Crippen molar-refractivity contribution in [1.29, 1.82) is 0 Å². The van der Waals surface area contributed by atoms with Crippen LogP contribution in [0.15, 0.2) is 24.3 Å². The average Bonchev–Trinajstić information content (AvgIpc) is 2.42. The molecule has 0 saturated carbocycles. The van der Waals surface area contributed by atoms with E-state index in [1.807, 2.05) is 31.2 Å². The van der Waals surface area contributed by atoms with Crippen LogP contribution < -0.4 is 9.57 Å². The molecule has 0 heterocycles. The predicted molar refractivity (Wildman–Crippen MR) is 80.2 cm³/mol. The molecule has 0 aliphatic carbocycles. The Morgan fingerprint density at radius 3 is 2.90 bits per heavy atom. The summed E-state index contributed by atoms with van der Waals surface area (Å²) in [4.78, 5) is 13.0. The number of nitrogens with one attached hydrogen (secondary N) is 1. The Hall–Kier alpha value is -1.26. The molecular weight excluding hydrogens is 278 g/mol. The van der Waals surface area contributed by atoms with E-state index >= 15 is 0 Å². The van der Waals surface area contributed by atoms with Gasteiger partial charge in [0, 0.05) is 12.5 Å². The van der Waals surface area contributed by atoms with Crippen molar-refractivity contribution in [2.45, 2.75) is 45.1 Å². The number of ether oxygens (including phenoxy) is 1. The van der Waals surface area contributed by atoms with Crippen LogP contribution in [0, 0.1) is 0 Å². The zero-order chi connectivity index (χ0) is 14.8. The SMILES string of the molecule is CC(Cc1cccc(OCCCCCC(=O)O)c1)NCl. The molecule has 0 amide bonds. The van der Waals surface area contributed by atoms with E-state index in [2.05, 4.69) is 4.84 Å². The summed E-state index contributed by atoms with van der Waals surface area (Å²) in [5, 5.41) is 8.53. The normalized spacial score (nSPS) is 12.1. The number of unbranched alkanes of at least 4 members (excludes halogenated alkanes) is 2. The van der Waals surface area contributed by atoms with E-state index in [4.69, 9.17) is 21.6 Å². The Morgan fingerprint density at radius 2 is 2.20 bits per heavy atom. The highest BCUT2D eigenvalue weighted by atomic mass is 35.5. The van der Waals surface area contributed by atoms with Gasteiger partial charge in [0.15, 0.2) is 0 Å². The molecular formula is C15H22ClNO3. The summed E-state index contributed by atoms with van der Waals surface area (Å²) >= 11 is 5.57. The fourth-order valence-corrected chi connectivity index (χ4v) is 1.98. The van der Waals surface area contributed by atoms with Crippen LogP contribution in [0.25, 0.3) is 0 Å². The fourth-order valence-electron chi connectivity index (χ4n) is 1.90. The lowest BCUT2D eigenvalue weighted by Crippen LogP contribution is -2.18. The van der Waals surface area contributed by atoms with Gasteiger partial charge in [-0.1, -0.05) is 12.1 Å². The quantitative estimate of drug-likeness (QED) is 0.513. The van der Waals surface area contributed by atoms with Crippen LogP contribution in [0.3, 0.4) is 0 Å². The molecule has 0 aliphatic rings. The van der Waals surface area contributed by atoms with E-state index in [-0.39, 0.29) is 12.5 Å². The summed E-state index contributed by atoms with van der Waals surface area (Å²) in [7, 11) is 0. The molecule has 1 aromatic rings. The molecule has 0 aliphatic heterocycles. The van der Waals surface area contributed by atoms with Crippen LogP contribution in [-0.4, -0.2) is 23.7 Å². The summed E-state index contributed by atoms with van der Waals surface area (Å²) in [6.07, 6.45) is 3.53. The minimum absolute atomic E-state index is 0.211. The number of carbonyl (C=O) groups is 1. The van der Waals surface area contributed by atoms with Gasteiger partial charge in [0.1, 0.15) is 5.75 Å². The molecule has 2 N–H and O–H groups in total. The number of hydrogen-bond donors (Lipinski definition) is 2. The van der Waals surface area contributed by atoms with Gasteiger partial charge < -0.3 is 9.84 Å². The van der Waals surface area contributed by atoms with Crippen LogP contribution in [0.2, 0.25) is 0 Å². The lowest BCUT2D eigenvalue weighted by molar-refractivity contribution is -0.137. The molecule has 0 radical (unpaired) electrons. The van der Waals surface area contributed by atoms with Crippen molar-refractivity contribution < 1.29 is 14.6 Å². The summed E-state index contributed by atoms with van der Waals surface area (Å²) in [5.41, 5.74) is 1.18. The van der Waals surface area contributed by atoms with Gasteiger partial charge >= 0.3 is 5.97 Å². The molecule has 1 atom stereocenters. The summed E-state index contributed by atoms with van der Waals surface area (Å²) in [6.45, 7) is 2.63. The lowest BCUT2D eigenvalue weighted by atomic mass is 10.1. The first kappa shape index (κ1) is 16.8. The second-order valence-corrected chi connectivity index (χ2v) is 5.13. The number of benzene rings is 1. The average molecular weight is 300 g/mol. The van der Waals surface area contributed by atoms with Crippen molar-refractivity contribution in [3.8, 4) is 5.75 Å². The van der Waals surface area contributed by atoms with E-state index in [0.717, 1.165) is 25.0 Å². The summed E-state index contributed by atoms with van der Waals surface area (Å²) in [5.74, 6) is 0.114. The Morgan fingerprint density at radius 1 is 1.40 bits per heavy atom. The van der Waals surface area contributed by atoms with Crippen LogP contribution in [0.4, 0.5) is 0 Å². The molecule has 112 valence electrons. The second-order valence-electron chi connectivity index (χ2n) is 4.91. The van der Waals surface area contributed by atoms with Crippen LogP contribution in [-0.2, 0) is 11.2 Å². The third kappa shape index (κ3) is 7.36. The lowest BCUT2D eigenvalue weighted by Gasteiger charge is -2.11. The highest BCUT2D eigenvalue weighted by molar-refractivity contribution is 6.13. The monoisotopic (exact) mass is 299 g/mol. The number of carboxylic acid groups (broad SMARTS) is 1. The molecule has 5 heteroatoms. The number of hydrogen-bond acceptors (Lipinski definition) is 3. The van der Waals surface area contributed by atoms with E-state index in [1.165, 1.54) is 5.56 Å². The zero-order valence-corrected chi connectivity index (χ0v) is 12.5. The fraction of sp³-hybridized carbons (Fsp3) is 0.533. The number of carboxylic acids is 1. The molecule has 20 heavy (non-hydrogen) atoms. The van der Waals surface area contributed by atoms with Crippen LogP contribution in [0.5, 0.6) is 5.75 Å². The number of rotatable bonds is 10. The maximum atomic E-state index is 10.4. The maximum Gasteiger partial charge on any atom is 0.303 e. The van der Waals surface area contributed by atoms with E-state index in [0.29, 0.717) is 13.0 Å². The van der Waals surface area contributed by atoms with Gasteiger partial charge in [-0.3, -0.25) is 4.79 Å². The van der Waals surface area contributed by atoms with Crippen molar-refractivity contribution in [2.24, 2.45) is 0 Å². The first-order valence-electron chi connectivity index (χ1n) is 6.91. The molecule has 1 aromatic carbocycles. The minimum Gasteiger partial charge on any atom is -0.494 e. The number of halogens is 1. The highest BCUT2D eigenvalue weighted by Crippen LogP contribution is 2.15. The van der Waals surface area contributed by atoms with Crippen LogP contribution >= 0.6 is 11.8 Å². The first-order valence-corrected chi connectivity index (χ1v) is 7.29. The molecule has 0 fully saturated rings. The standard InChI is InChI=1S/C15H22ClNO3/c1-12(17-16)10-13-6-5-7-14(11-13)20-9-4-2-3-8-15(18)19/h5-7,11-12,17H,2-4,8-10H2,1H3,(H,18,19). The van der Waals surface area contributed by atoms with Crippen molar-refractivity contribution >= 4 is 17.7 Å². The maximum absolute atomic E-state index is 10.4. The molecule has 1 rings (SSSR count). The van der Waals surface area contributed by atoms with Crippen LogP contribution in [0.1, 0.15) is 38.2 Å². The summed E-state index contributed by atoms with van der Waals surface area (Å²) < 4.78 is 5.67. The van der Waals surface area contributed by atoms with Gasteiger partial charge in [-0.25, -0.2) is 4.84 Å². The van der Waals surface area contributed by atoms with Gasteiger partial charge in [-0.2, -0.15) is 0 Å². The van der Waals surface area contributed by atoms with Crippen molar-refractivity contribution in [2.75, 3.05) is 6.61 Å². The largest absolute Gasteiger partial charge is 0.494 e. The van der Waals surface area contributed by atoms with Gasteiger partial charge in [-0.15, -0.1) is 0 Å². The molecule has 0 spiro atoms. The Balaban J connectivity index is 2.26. The van der Waals surface area contributed by atoms with Crippen molar-refractivity contribution in [1.82, 2.24) is 4.84 Å². The van der Waals surface area contributed by atoms with Gasteiger partial charge in [0.25, 0.3) is 0 Å².